The van der Waals surface area contributed by atoms with Crippen molar-refractivity contribution in [3.05, 3.63) is 130 Å². The Balaban J connectivity index is 1.66. The van der Waals surface area contributed by atoms with Gasteiger partial charge in [0.2, 0.25) is 0 Å². The molecular formula is C39H53N3O3. The van der Waals surface area contributed by atoms with Crippen LogP contribution in [0.1, 0.15) is 94.2 Å². The van der Waals surface area contributed by atoms with E-state index in [1.807, 2.05) is 78.9 Å². The van der Waals surface area contributed by atoms with Crippen LogP contribution in [0.4, 0.5) is 0 Å². The summed E-state index contributed by atoms with van der Waals surface area (Å²) in [4.78, 5) is 3.19. The van der Waals surface area contributed by atoms with Crippen molar-refractivity contribution in [1.82, 2.24) is 0 Å². The van der Waals surface area contributed by atoms with Gasteiger partial charge in [-0.05, 0) is 35.1 Å². The van der Waals surface area contributed by atoms with Gasteiger partial charge in [-0.1, -0.05) is 173 Å². The SMILES string of the molecule is CCCCCCCCCCCC/C=C/[C@@H](OCc1ccccc1)[C@@H](OCc1ccccc1)[C@H](COCc1ccccc1)N=[N+]=[N-]. The molecule has 0 saturated heterocycles. The third-order valence-electron chi connectivity index (χ3n) is 7.92. The van der Waals surface area contributed by atoms with E-state index < -0.39 is 18.2 Å². The summed E-state index contributed by atoms with van der Waals surface area (Å²) in [6.45, 7) is 3.71. The van der Waals surface area contributed by atoms with Gasteiger partial charge in [0.05, 0.1) is 38.6 Å². The Morgan fingerprint density at radius 2 is 1.13 bits per heavy atom. The van der Waals surface area contributed by atoms with E-state index >= 15 is 0 Å². The van der Waals surface area contributed by atoms with Gasteiger partial charge in [-0.25, -0.2) is 0 Å². The fourth-order valence-electron chi connectivity index (χ4n) is 5.33. The third-order valence-corrected chi connectivity index (χ3v) is 7.92. The zero-order chi connectivity index (χ0) is 31.6. The number of nitrogens with zero attached hydrogens (tertiary/aromatic N) is 3. The predicted molar refractivity (Wildman–Crippen MR) is 185 cm³/mol. The molecule has 45 heavy (non-hydrogen) atoms. The molecule has 3 atom stereocenters. The Hall–Kier alpha value is -3.41. The maximum atomic E-state index is 9.55. The Labute approximate surface area is 271 Å². The van der Waals surface area contributed by atoms with Crippen LogP contribution < -0.4 is 0 Å². The van der Waals surface area contributed by atoms with E-state index in [1.54, 1.807) is 0 Å². The molecule has 6 nitrogen and oxygen atoms in total. The van der Waals surface area contributed by atoms with Crippen molar-refractivity contribution in [3.8, 4) is 0 Å². The lowest BCUT2D eigenvalue weighted by Crippen LogP contribution is -2.41. The molecule has 0 amide bonds. The molecule has 3 aromatic carbocycles. The molecule has 3 aromatic rings. The summed E-state index contributed by atoms with van der Waals surface area (Å²) < 4.78 is 19.1. The Morgan fingerprint density at radius 1 is 0.644 bits per heavy atom. The van der Waals surface area contributed by atoms with Gasteiger partial charge in [0, 0.05) is 4.91 Å². The van der Waals surface area contributed by atoms with Crippen LogP contribution in [-0.2, 0) is 34.0 Å². The smallest absolute Gasteiger partial charge is 0.103 e. The number of hydrogen-bond acceptors (Lipinski definition) is 4. The van der Waals surface area contributed by atoms with Crippen molar-refractivity contribution in [2.45, 2.75) is 116 Å². The van der Waals surface area contributed by atoms with E-state index in [4.69, 9.17) is 14.2 Å². The highest BCUT2D eigenvalue weighted by molar-refractivity contribution is 5.15. The molecule has 0 aliphatic carbocycles. The highest BCUT2D eigenvalue weighted by Crippen LogP contribution is 2.20. The molecule has 0 bridgehead atoms. The molecule has 3 rings (SSSR count). The topological polar surface area (TPSA) is 76.5 Å². The average molecular weight is 612 g/mol. The molecule has 6 heteroatoms. The molecule has 0 spiro atoms. The first kappa shape index (κ1) is 36.1. The Kier molecular flexibility index (Phi) is 19.2. The normalized spacial score (nSPS) is 13.4. The van der Waals surface area contributed by atoms with Gasteiger partial charge in [-0.3, -0.25) is 0 Å². The van der Waals surface area contributed by atoms with E-state index in [2.05, 4.69) is 41.2 Å². The van der Waals surface area contributed by atoms with Crippen molar-refractivity contribution in [2.75, 3.05) is 6.61 Å². The van der Waals surface area contributed by atoms with E-state index in [-0.39, 0.29) is 6.61 Å². The molecule has 0 N–H and O–H groups in total. The van der Waals surface area contributed by atoms with Crippen LogP contribution in [0.3, 0.4) is 0 Å². The Bertz CT molecular complexity index is 1200. The number of azide groups is 1. The maximum Gasteiger partial charge on any atom is 0.103 e. The van der Waals surface area contributed by atoms with Crippen molar-refractivity contribution in [1.29, 1.82) is 0 Å². The lowest BCUT2D eigenvalue weighted by molar-refractivity contribution is -0.0861. The van der Waals surface area contributed by atoms with Gasteiger partial charge in [0.25, 0.3) is 0 Å². The summed E-state index contributed by atoms with van der Waals surface area (Å²) in [7, 11) is 0. The largest absolute Gasteiger partial charge is 0.376 e. The summed E-state index contributed by atoms with van der Waals surface area (Å²) in [5.74, 6) is 0. The van der Waals surface area contributed by atoms with Crippen molar-refractivity contribution >= 4 is 0 Å². The van der Waals surface area contributed by atoms with E-state index in [1.165, 1.54) is 57.8 Å². The molecule has 0 saturated carbocycles. The van der Waals surface area contributed by atoms with Gasteiger partial charge in [0.1, 0.15) is 6.10 Å². The molecule has 0 aliphatic rings. The van der Waals surface area contributed by atoms with Crippen molar-refractivity contribution in [3.63, 3.8) is 0 Å². The minimum Gasteiger partial charge on any atom is -0.376 e. The van der Waals surface area contributed by atoms with Crippen LogP contribution >= 0.6 is 0 Å². The number of hydrogen-bond donors (Lipinski definition) is 0. The fraction of sp³-hybridized carbons (Fsp3) is 0.487. The fourth-order valence-corrected chi connectivity index (χ4v) is 5.33. The number of ether oxygens (including phenoxy) is 3. The van der Waals surface area contributed by atoms with Gasteiger partial charge < -0.3 is 14.2 Å². The third kappa shape index (κ3) is 15.9. The summed E-state index contributed by atoms with van der Waals surface area (Å²) in [6.07, 6.45) is 17.5. The van der Waals surface area contributed by atoms with Gasteiger partial charge >= 0.3 is 0 Å². The minimum absolute atomic E-state index is 0.218. The molecule has 0 fully saturated rings. The van der Waals surface area contributed by atoms with Crippen LogP contribution in [0.15, 0.2) is 108 Å². The zero-order valence-electron chi connectivity index (χ0n) is 27.2. The second kappa shape index (κ2) is 23.9. The highest BCUT2D eigenvalue weighted by Gasteiger charge is 2.30. The second-order valence-corrected chi connectivity index (χ2v) is 11.7. The molecule has 0 radical (unpaired) electrons. The van der Waals surface area contributed by atoms with Gasteiger partial charge in [0.15, 0.2) is 0 Å². The van der Waals surface area contributed by atoms with Gasteiger partial charge in [-0.15, -0.1) is 0 Å². The van der Waals surface area contributed by atoms with Crippen LogP contribution in [-0.4, -0.2) is 24.9 Å². The summed E-state index contributed by atoms with van der Waals surface area (Å²) in [6, 6.07) is 29.6. The highest BCUT2D eigenvalue weighted by atomic mass is 16.5. The average Bonchev–Trinajstić information content (AvgIpc) is 3.08. The van der Waals surface area contributed by atoms with Crippen molar-refractivity contribution < 1.29 is 14.2 Å². The minimum atomic E-state index is -0.579. The van der Waals surface area contributed by atoms with Crippen LogP contribution in [0.25, 0.3) is 10.4 Å². The first-order valence-corrected chi connectivity index (χ1v) is 16.9. The second-order valence-electron chi connectivity index (χ2n) is 11.7. The molecular weight excluding hydrogens is 558 g/mol. The zero-order valence-corrected chi connectivity index (χ0v) is 27.2. The molecule has 242 valence electrons. The Morgan fingerprint density at radius 3 is 1.67 bits per heavy atom. The van der Waals surface area contributed by atoms with Crippen molar-refractivity contribution in [2.24, 2.45) is 5.11 Å². The summed E-state index contributed by atoms with van der Waals surface area (Å²) in [5.41, 5.74) is 12.7. The number of allylic oxidation sites excluding steroid dienone is 1. The predicted octanol–water partition coefficient (Wildman–Crippen LogP) is 10.9. The standard InChI is InChI=1S/C39H53N3O3/c1-2-3-4-5-6-7-8-9-10-11-12-22-29-38(44-31-35-25-18-14-19-26-35)39(45-32-36-27-20-15-21-28-36)37(41-42-40)33-43-30-34-23-16-13-17-24-34/h13-29,37-39H,2-12,30-33H2,1H3/b29-22+/t37-,38+,39-/m0/s1. The number of benzene rings is 3. The number of unbranched alkanes of at least 4 members (excludes halogenated alkanes) is 10. The van der Waals surface area contributed by atoms with Crippen LogP contribution in [0.5, 0.6) is 0 Å². The monoisotopic (exact) mass is 611 g/mol. The maximum absolute atomic E-state index is 9.55. The lowest BCUT2D eigenvalue weighted by Gasteiger charge is -2.30. The van der Waals surface area contributed by atoms with E-state index in [0.717, 1.165) is 29.5 Å². The first-order chi connectivity index (χ1) is 22.3. The van der Waals surface area contributed by atoms with E-state index in [9.17, 15) is 5.53 Å². The van der Waals surface area contributed by atoms with E-state index in [0.29, 0.717) is 19.8 Å². The summed E-state index contributed by atoms with van der Waals surface area (Å²) in [5, 5.41) is 4.17. The quantitative estimate of drug-likeness (QED) is 0.0314. The molecule has 0 aliphatic heterocycles. The lowest BCUT2D eigenvalue weighted by atomic mass is 10.0. The first-order valence-electron chi connectivity index (χ1n) is 16.9. The molecule has 0 aromatic heterocycles. The van der Waals surface area contributed by atoms with Crippen LogP contribution in [0, 0.1) is 0 Å². The summed E-state index contributed by atoms with van der Waals surface area (Å²) >= 11 is 0. The van der Waals surface area contributed by atoms with Crippen LogP contribution in [0.2, 0.25) is 0 Å². The molecule has 0 heterocycles. The van der Waals surface area contributed by atoms with Gasteiger partial charge in [-0.2, -0.15) is 0 Å². The molecule has 0 unspecified atom stereocenters. The number of rotatable bonds is 25.